The van der Waals surface area contributed by atoms with E-state index in [1.807, 2.05) is 0 Å². The quantitative estimate of drug-likeness (QED) is 0.668. The molecule has 0 amide bonds. The second-order valence-electron chi connectivity index (χ2n) is 2.72. The van der Waals surface area contributed by atoms with Crippen LogP contribution < -0.4 is 0 Å². The number of aldehydes is 1. The molecule has 0 fully saturated rings. The zero-order valence-corrected chi connectivity index (χ0v) is 6.77. The Morgan fingerprint density at radius 1 is 1.38 bits per heavy atom. The molecule has 13 heavy (non-hydrogen) atoms. The van der Waals surface area contributed by atoms with Crippen molar-refractivity contribution in [3.8, 4) is 5.75 Å². The van der Waals surface area contributed by atoms with Crippen LogP contribution in [-0.4, -0.2) is 16.4 Å². The number of pyridine rings is 1. The third kappa shape index (κ3) is 1.24. The molecular weight excluding hydrogens is 166 g/mol. The molecule has 3 heteroatoms. The van der Waals surface area contributed by atoms with Gasteiger partial charge in [0.25, 0.3) is 0 Å². The van der Waals surface area contributed by atoms with Gasteiger partial charge in [-0.1, -0.05) is 6.07 Å². The van der Waals surface area contributed by atoms with Crippen molar-refractivity contribution < 1.29 is 9.90 Å². The normalized spacial score (nSPS) is 10.2. The molecule has 0 atom stereocenters. The Hall–Kier alpha value is -1.90. The molecule has 0 aliphatic carbocycles. The lowest BCUT2D eigenvalue weighted by molar-refractivity contribution is 0.112. The standard InChI is InChI=1S/C10H7NO2/c12-6-7-4-8(13)5-10-9(7)2-1-3-11-10/h1-6,13H. The molecule has 1 N–H and O–H groups in total. The minimum atomic E-state index is 0.0632. The number of hydrogen-bond donors (Lipinski definition) is 1. The number of nitrogens with zero attached hydrogens (tertiary/aromatic N) is 1. The lowest BCUT2D eigenvalue weighted by Gasteiger charge is -2.00. The van der Waals surface area contributed by atoms with E-state index in [0.29, 0.717) is 17.4 Å². The van der Waals surface area contributed by atoms with Gasteiger partial charge in [0.2, 0.25) is 0 Å². The lowest BCUT2D eigenvalue weighted by atomic mass is 10.1. The average Bonchev–Trinajstić information content (AvgIpc) is 2.16. The van der Waals surface area contributed by atoms with Gasteiger partial charge in [0.05, 0.1) is 5.52 Å². The molecule has 0 aliphatic rings. The molecule has 0 saturated carbocycles. The van der Waals surface area contributed by atoms with Gasteiger partial charge < -0.3 is 5.11 Å². The maximum atomic E-state index is 10.6. The highest BCUT2D eigenvalue weighted by atomic mass is 16.3. The molecule has 0 unspecified atom stereocenters. The van der Waals surface area contributed by atoms with Crippen molar-refractivity contribution in [3.63, 3.8) is 0 Å². The van der Waals surface area contributed by atoms with Gasteiger partial charge in [-0.05, 0) is 12.1 Å². The molecule has 2 rings (SSSR count). The smallest absolute Gasteiger partial charge is 0.150 e. The number of carbonyl (C=O) groups excluding carboxylic acids is 1. The monoisotopic (exact) mass is 173 g/mol. The Morgan fingerprint density at radius 2 is 2.23 bits per heavy atom. The minimum absolute atomic E-state index is 0.0632. The highest BCUT2D eigenvalue weighted by Gasteiger charge is 2.02. The van der Waals surface area contributed by atoms with Crippen LogP contribution in [0.1, 0.15) is 10.4 Å². The van der Waals surface area contributed by atoms with Gasteiger partial charge in [-0.15, -0.1) is 0 Å². The second-order valence-corrected chi connectivity index (χ2v) is 2.72. The van der Waals surface area contributed by atoms with Crippen LogP contribution in [0.2, 0.25) is 0 Å². The number of carbonyl (C=O) groups is 1. The van der Waals surface area contributed by atoms with Gasteiger partial charge in [0.1, 0.15) is 5.75 Å². The van der Waals surface area contributed by atoms with Gasteiger partial charge in [-0.3, -0.25) is 9.78 Å². The molecule has 0 aliphatic heterocycles. The first-order valence-corrected chi connectivity index (χ1v) is 3.84. The third-order valence-corrected chi connectivity index (χ3v) is 1.86. The van der Waals surface area contributed by atoms with Crippen LogP contribution in [0, 0.1) is 0 Å². The van der Waals surface area contributed by atoms with E-state index >= 15 is 0 Å². The van der Waals surface area contributed by atoms with Crippen LogP contribution in [0.5, 0.6) is 5.75 Å². The molecule has 3 nitrogen and oxygen atoms in total. The van der Waals surface area contributed by atoms with Crippen LogP contribution >= 0.6 is 0 Å². The van der Waals surface area contributed by atoms with Crippen LogP contribution in [0.25, 0.3) is 10.9 Å². The summed E-state index contributed by atoms with van der Waals surface area (Å²) in [4.78, 5) is 14.7. The van der Waals surface area contributed by atoms with Crippen LogP contribution in [0.4, 0.5) is 0 Å². The van der Waals surface area contributed by atoms with Crippen LogP contribution in [0.3, 0.4) is 0 Å². The molecule has 64 valence electrons. The van der Waals surface area contributed by atoms with Crippen molar-refractivity contribution in [1.82, 2.24) is 4.98 Å². The predicted molar refractivity (Wildman–Crippen MR) is 48.8 cm³/mol. The van der Waals surface area contributed by atoms with Crippen LogP contribution in [-0.2, 0) is 0 Å². The van der Waals surface area contributed by atoms with Gasteiger partial charge in [-0.25, -0.2) is 0 Å². The predicted octanol–water partition coefficient (Wildman–Crippen LogP) is 1.75. The summed E-state index contributed by atoms with van der Waals surface area (Å²) in [5.74, 6) is 0.0632. The molecule has 1 aromatic heterocycles. The number of hydrogen-bond acceptors (Lipinski definition) is 3. The van der Waals surface area contributed by atoms with E-state index in [2.05, 4.69) is 4.98 Å². The zero-order valence-electron chi connectivity index (χ0n) is 6.77. The number of aromatic hydroxyl groups is 1. The summed E-state index contributed by atoms with van der Waals surface area (Å²) < 4.78 is 0. The van der Waals surface area contributed by atoms with Gasteiger partial charge in [0, 0.05) is 23.2 Å². The minimum Gasteiger partial charge on any atom is -0.508 e. The summed E-state index contributed by atoms with van der Waals surface area (Å²) in [6.07, 6.45) is 2.33. The van der Waals surface area contributed by atoms with E-state index in [-0.39, 0.29) is 5.75 Å². The first kappa shape index (κ1) is 7.73. The summed E-state index contributed by atoms with van der Waals surface area (Å²) in [5, 5.41) is 10.0. The topological polar surface area (TPSA) is 50.2 Å². The Bertz CT molecular complexity index is 465. The zero-order chi connectivity index (χ0) is 9.26. The van der Waals surface area contributed by atoms with Gasteiger partial charge >= 0.3 is 0 Å². The van der Waals surface area contributed by atoms with Crippen molar-refractivity contribution in [1.29, 1.82) is 0 Å². The first-order chi connectivity index (χ1) is 6.31. The Morgan fingerprint density at radius 3 is 3.00 bits per heavy atom. The number of rotatable bonds is 1. The fourth-order valence-corrected chi connectivity index (χ4v) is 1.29. The highest BCUT2D eigenvalue weighted by Crippen LogP contribution is 2.21. The van der Waals surface area contributed by atoms with E-state index in [4.69, 9.17) is 0 Å². The first-order valence-electron chi connectivity index (χ1n) is 3.84. The molecule has 1 aromatic carbocycles. The van der Waals surface area contributed by atoms with Gasteiger partial charge in [0.15, 0.2) is 6.29 Å². The number of phenolic OH excluding ortho intramolecular Hbond substituents is 1. The van der Waals surface area contributed by atoms with Crippen LogP contribution in [0.15, 0.2) is 30.5 Å². The second kappa shape index (κ2) is 2.86. The number of fused-ring (bicyclic) bond motifs is 1. The van der Waals surface area contributed by atoms with E-state index in [0.717, 1.165) is 5.39 Å². The Kier molecular flexibility index (Phi) is 1.70. The lowest BCUT2D eigenvalue weighted by Crippen LogP contribution is -1.85. The maximum Gasteiger partial charge on any atom is 0.150 e. The van der Waals surface area contributed by atoms with Crippen molar-refractivity contribution in [2.24, 2.45) is 0 Å². The SMILES string of the molecule is O=Cc1cc(O)cc2ncccc12. The molecule has 0 radical (unpaired) electrons. The fourth-order valence-electron chi connectivity index (χ4n) is 1.29. The van der Waals surface area contributed by atoms with Crippen molar-refractivity contribution >= 4 is 17.2 Å². The summed E-state index contributed by atoms with van der Waals surface area (Å²) in [7, 11) is 0. The fraction of sp³-hybridized carbons (Fsp3) is 0. The Labute approximate surface area is 74.7 Å². The number of aromatic nitrogens is 1. The van der Waals surface area contributed by atoms with E-state index in [1.54, 1.807) is 18.3 Å². The Balaban J connectivity index is 2.89. The molecule has 0 saturated heterocycles. The number of phenols is 1. The average molecular weight is 173 g/mol. The summed E-state index contributed by atoms with van der Waals surface area (Å²) in [6.45, 7) is 0. The molecule has 0 spiro atoms. The van der Waals surface area contributed by atoms with Crippen molar-refractivity contribution in [2.45, 2.75) is 0 Å². The van der Waals surface area contributed by atoms with Crippen molar-refractivity contribution in [2.75, 3.05) is 0 Å². The summed E-state index contributed by atoms with van der Waals surface area (Å²) in [6, 6.07) is 6.51. The summed E-state index contributed by atoms with van der Waals surface area (Å²) in [5.41, 5.74) is 1.09. The molecule has 0 bridgehead atoms. The molecular formula is C10H7NO2. The van der Waals surface area contributed by atoms with E-state index in [9.17, 15) is 9.90 Å². The van der Waals surface area contributed by atoms with E-state index < -0.39 is 0 Å². The maximum absolute atomic E-state index is 10.6. The summed E-state index contributed by atoms with van der Waals surface area (Å²) >= 11 is 0. The number of benzene rings is 1. The molecule has 1 heterocycles. The van der Waals surface area contributed by atoms with Crippen molar-refractivity contribution in [3.05, 3.63) is 36.0 Å². The molecule has 2 aromatic rings. The largest absolute Gasteiger partial charge is 0.508 e. The third-order valence-electron chi connectivity index (χ3n) is 1.86. The van der Waals surface area contributed by atoms with Gasteiger partial charge in [-0.2, -0.15) is 0 Å². The van der Waals surface area contributed by atoms with E-state index in [1.165, 1.54) is 12.1 Å². The highest BCUT2D eigenvalue weighted by molar-refractivity contribution is 5.97.